The smallest absolute Gasteiger partial charge is 0.0406 e. The first-order valence-corrected chi connectivity index (χ1v) is 5.38. The predicted octanol–water partition coefficient (Wildman–Crippen LogP) is 3.52. The molecule has 0 fully saturated rings. The highest BCUT2D eigenvalue weighted by molar-refractivity contribution is 9.09. The number of halogens is 1. The lowest BCUT2D eigenvalue weighted by molar-refractivity contribution is 0.692. The fourth-order valence-electron chi connectivity index (χ4n) is 1.43. The Labute approximate surface area is 73.4 Å². The maximum Gasteiger partial charge on any atom is 0.0406 e. The average molecular weight is 217 g/mol. The lowest BCUT2D eigenvalue weighted by Gasteiger charge is -2.15. The minimum absolute atomic E-state index is 0.641. The van der Waals surface area contributed by atoms with Crippen LogP contribution >= 0.6 is 27.3 Å². The van der Waals surface area contributed by atoms with Crippen molar-refractivity contribution in [3.05, 3.63) is 21.9 Å². The largest absolute Gasteiger partial charge is 0.149 e. The van der Waals surface area contributed by atoms with Crippen LogP contribution in [0.15, 0.2) is 11.4 Å². The number of fused-ring (bicyclic) bond motifs is 1. The quantitative estimate of drug-likeness (QED) is 0.583. The highest BCUT2D eigenvalue weighted by Crippen LogP contribution is 2.38. The summed E-state index contributed by atoms with van der Waals surface area (Å²) in [6.45, 7) is 0. The molecule has 0 aromatic carbocycles. The lowest BCUT2D eigenvalue weighted by atomic mass is 10.00. The molecule has 0 radical (unpaired) electrons. The first-order valence-electron chi connectivity index (χ1n) is 3.58. The molecule has 1 aliphatic rings. The van der Waals surface area contributed by atoms with E-state index >= 15 is 0 Å². The summed E-state index contributed by atoms with van der Waals surface area (Å²) in [6, 6.07) is 2.25. The Hall–Kier alpha value is 0.180. The standard InChI is InChI=1S/C8H9BrS/c9-7-2-1-3-8-6(7)4-5-10-8/h4-5,7H,1-3H2. The highest BCUT2D eigenvalue weighted by Gasteiger charge is 2.17. The van der Waals surface area contributed by atoms with E-state index in [1.807, 2.05) is 11.3 Å². The number of rotatable bonds is 0. The van der Waals surface area contributed by atoms with Gasteiger partial charge in [-0.05, 0) is 36.3 Å². The zero-order valence-electron chi connectivity index (χ0n) is 5.64. The molecule has 0 bridgehead atoms. The molecule has 1 unspecified atom stereocenters. The summed E-state index contributed by atoms with van der Waals surface area (Å²) < 4.78 is 0. The predicted molar refractivity (Wildman–Crippen MR) is 48.9 cm³/mol. The highest BCUT2D eigenvalue weighted by atomic mass is 79.9. The molecular formula is C8H9BrS. The van der Waals surface area contributed by atoms with E-state index in [-0.39, 0.29) is 0 Å². The molecular weight excluding hydrogens is 208 g/mol. The van der Waals surface area contributed by atoms with Crippen LogP contribution in [-0.2, 0) is 6.42 Å². The Bertz CT molecular complexity index is 229. The maximum absolute atomic E-state index is 3.67. The van der Waals surface area contributed by atoms with Crippen LogP contribution in [0.5, 0.6) is 0 Å². The molecule has 54 valence electrons. The molecule has 1 aromatic rings. The van der Waals surface area contributed by atoms with Crippen LogP contribution in [0, 0.1) is 0 Å². The van der Waals surface area contributed by atoms with E-state index in [0.717, 1.165) is 0 Å². The Balaban J connectivity index is 2.41. The molecule has 1 atom stereocenters. The third-order valence-corrected chi connectivity index (χ3v) is 3.93. The minimum atomic E-state index is 0.641. The molecule has 0 saturated carbocycles. The molecule has 0 saturated heterocycles. The summed E-state index contributed by atoms with van der Waals surface area (Å²) >= 11 is 5.57. The molecule has 1 heterocycles. The van der Waals surface area contributed by atoms with Gasteiger partial charge >= 0.3 is 0 Å². The van der Waals surface area contributed by atoms with Gasteiger partial charge in [0.1, 0.15) is 0 Å². The van der Waals surface area contributed by atoms with Gasteiger partial charge in [-0.2, -0.15) is 0 Å². The topological polar surface area (TPSA) is 0 Å². The second kappa shape index (κ2) is 2.67. The van der Waals surface area contributed by atoms with E-state index < -0.39 is 0 Å². The van der Waals surface area contributed by atoms with Gasteiger partial charge in [-0.3, -0.25) is 0 Å². The van der Waals surface area contributed by atoms with E-state index in [4.69, 9.17) is 0 Å². The van der Waals surface area contributed by atoms with Gasteiger partial charge < -0.3 is 0 Å². The average Bonchev–Trinajstić information content (AvgIpc) is 2.36. The molecule has 10 heavy (non-hydrogen) atoms. The fraction of sp³-hybridized carbons (Fsp3) is 0.500. The SMILES string of the molecule is BrC1CCCc2sccc21. The van der Waals surface area contributed by atoms with Crippen LogP contribution in [0.25, 0.3) is 0 Å². The van der Waals surface area contributed by atoms with Crippen LogP contribution < -0.4 is 0 Å². The van der Waals surface area contributed by atoms with Crippen LogP contribution in [0.1, 0.15) is 28.1 Å². The Morgan fingerprint density at radius 1 is 1.60 bits per heavy atom. The Morgan fingerprint density at radius 3 is 3.30 bits per heavy atom. The van der Waals surface area contributed by atoms with Crippen molar-refractivity contribution in [2.75, 3.05) is 0 Å². The monoisotopic (exact) mass is 216 g/mol. The number of alkyl halides is 1. The van der Waals surface area contributed by atoms with Gasteiger partial charge in [0.15, 0.2) is 0 Å². The van der Waals surface area contributed by atoms with Crippen LogP contribution in [0.2, 0.25) is 0 Å². The van der Waals surface area contributed by atoms with Crippen LogP contribution in [0.3, 0.4) is 0 Å². The Kier molecular flexibility index (Phi) is 1.83. The lowest BCUT2D eigenvalue weighted by Crippen LogP contribution is -2.00. The summed E-state index contributed by atoms with van der Waals surface area (Å²) in [5, 5.41) is 2.20. The molecule has 0 nitrogen and oxygen atoms in total. The van der Waals surface area contributed by atoms with Crippen molar-refractivity contribution < 1.29 is 0 Å². The molecule has 1 aromatic heterocycles. The van der Waals surface area contributed by atoms with Gasteiger partial charge in [0.25, 0.3) is 0 Å². The van der Waals surface area contributed by atoms with Gasteiger partial charge in [0, 0.05) is 9.70 Å². The molecule has 0 aliphatic heterocycles. The molecule has 0 N–H and O–H groups in total. The summed E-state index contributed by atoms with van der Waals surface area (Å²) in [7, 11) is 0. The summed E-state index contributed by atoms with van der Waals surface area (Å²) in [5.74, 6) is 0. The van der Waals surface area contributed by atoms with Crippen molar-refractivity contribution in [2.45, 2.75) is 24.1 Å². The van der Waals surface area contributed by atoms with Crippen molar-refractivity contribution in [3.8, 4) is 0 Å². The fourth-order valence-corrected chi connectivity index (χ4v) is 3.32. The molecule has 2 rings (SSSR count). The van der Waals surface area contributed by atoms with E-state index in [1.54, 1.807) is 4.88 Å². The van der Waals surface area contributed by atoms with E-state index in [2.05, 4.69) is 27.4 Å². The summed E-state index contributed by atoms with van der Waals surface area (Å²) in [5.41, 5.74) is 1.54. The zero-order chi connectivity index (χ0) is 6.97. The van der Waals surface area contributed by atoms with Crippen molar-refractivity contribution in [1.82, 2.24) is 0 Å². The van der Waals surface area contributed by atoms with Gasteiger partial charge in [-0.1, -0.05) is 15.9 Å². The number of aryl methyl sites for hydroxylation is 1. The number of hydrogen-bond donors (Lipinski definition) is 0. The van der Waals surface area contributed by atoms with Crippen molar-refractivity contribution >= 4 is 27.3 Å². The third kappa shape index (κ3) is 1.04. The van der Waals surface area contributed by atoms with Crippen LogP contribution in [0.4, 0.5) is 0 Å². The first kappa shape index (κ1) is 6.86. The maximum atomic E-state index is 3.67. The van der Waals surface area contributed by atoms with E-state index in [9.17, 15) is 0 Å². The van der Waals surface area contributed by atoms with Gasteiger partial charge in [0.05, 0.1) is 0 Å². The van der Waals surface area contributed by atoms with E-state index in [0.29, 0.717) is 4.83 Å². The second-order valence-electron chi connectivity index (χ2n) is 2.66. The zero-order valence-corrected chi connectivity index (χ0v) is 8.04. The molecule has 2 heteroatoms. The normalized spacial score (nSPS) is 24.3. The molecule has 1 aliphatic carbocycles. The minimum Gasteiger partial charge on any atom is -0.149 e. The molecule has 0 spiro atoms. The van der Waals surface area contributed by atoms with Crippen molar-refractivity contribution in [1.29, 1.82) is 0 Å². The van der Waals surface area contributed by atoms with Crippen LogP contribution in [-0.4, -0.2) is 0 Å². The first-order chi connectivity index (χ1) is 4.88. The Morgan fingerprint density at radius 2 is 2.50 bits per heavy atom. The number of hydrogen-bond acceptors (Lipinski definition) is 1. The van der Waals surface area contributed by atoms with Crippen molar-refractivity contribution in [3.63, 3.8) is 0 Å². The summed E-state index contributed by atoms with van der Waals surface area (Å²) in [6.07, 6.45) is 3.96. The summed E-state index contributed by atoms with van der Waals surface area (Å²) in [4.78, 5) is 2.23. The third-order valence-electron chi connectivity index (χ3n) is 1.98. The van der Waals surface area contributed by atoms with Gasteiger partial charge in [0.2, 0.25) is 0 Å². The number of thiophene rings is 1. The van der Waals surface area contributed by atoms with Crippen molar-refractivity contribution in [2.24, 2.45) is 0 Å². The van der Waals surface area contributed by atoms with Gasteiger partial charge in [-0.15, -0.1) is 11.3 Å². The molecule has 0 amide bonds. The second-order valence-corrected chi connectivity index (χ2v) is 4.76. The van der Waals surface area contributed by atoms with Gasteiger partial charge in [-0.25, -0.2) is 0 Å². The van der Waals surface area contributed by atoms with E-state index in [1.165, 1.54) is 24.8 Å².